The highest BCUT2D eigenvalue weighted by Crippen LogP contribution is 2.27. The molecule has 3 heterocycles. The lowest BCUT2D eigenvalue weighted by Gasteiger charge is -2.33. The topological polar surface area (TPSA) is 97.4 Å². The van der Waals surface area contributed by atoms with Crippen molar-refractivity contribution in [2.24, 2.45) is 0 Å². The van der Waals surface area contributed by atoms with Crippen molar-refractivity contribution in [3.8, 4) is 22.9 Å². The molecule has 1 aliphatic heterocycles. The minimum absolute atomic E-state index is 0.0602. The molecule has 1 fully saturated rings. The molecule has 0 spiro atoms. The zero-order chi connectivity index (χ0) is 22.5. The third kappa shape index (κ3) is 4.96. The van der Waals surface area contributed by atoms with E-state index in [4.69, 9.17) is 9.47 Å². The monoisotopic (exact) mass is 434 g/mol. The number of ether oxygens (including phenoxy) is 2. The van der Waals surface area contributed by atoms with E-state index in [0.29, 0.717) is 54.6 Å². The lowest BCUT2D eigenvalue weighted by molar-refractivity contribution is -0.139. The van der Waals surface area contributed by atoms with Crippen molar-refractivity contribution in [1.82, 2.24) is 19.9 Å². The van der Waals surface area contributed by atoms with Gasteiger partial charge in [0.25, 0.3) is 11.5 Å². The van der Waals surface area contributed by atoms with Crippen molar-refractivity contribution in [2.45, 2.75) is 31.8 Å². The Morgan fingerprint density at radius 3 is 2.59 bits per heavy atom. The fraction of sp³-hybridized carbons (Fsp3) is 0.333. The molecule has 1 atom stereocenters. The number of carbonyl (C=O) groups excluding carboxylic acids is 1. The third-order valence-corrected chi connectivity index (χ3v) is 5.58. The number of aromatic nitrogens is 3. The van der Waals surface area contributed by atoms with Crippen LogP contribution in [0, 0.1) is 0 Å². The number of nitrogens with one attached hydrogen (secondary N) is 1. The number of hydrogen-bond acceptors (Lipinski definition) is 6. The van der Waals surface area contributed by atoms with Crippen LogP contribution in [0.5, 0.6) is 11.5 Å². The standard InChI is InChI=1S/C24H26N4O4/c1-16(32-19-7-5-6-18(14-19)31-2)24(30)28-12-9-17(10-13-28)23-26-21(15-22(29)27-23)20-8-3-4-11-25-20/h3-8,11,14-17H,9-10,12-13H2,1-2H3,(H,26,27,29). The Hall–Kier alpha value is -3.68. The predicted molar refractivity (Wildman–Crippen MR) is 120 cm³/mol. The van der Waals surface area contributed by atoms with Crippen molar-refractivity contribution in [2.75, 3.05) is 20.2 Å². The number of amides is 1. The van der Waals surface area contributed by atoms with E-state index in [1.54, 1.807) is 32.4 Å². The molecule has 1 aliphatic rings. The molecule has 0 bridgehead atoms. The number of methoxy groups -OCH3 is 1. The maximum Gasteiger partial charge on any atom is 0.263 e. The molecule has 3 aromatic rings. The third-order valence-electron chi connectivity index (χ3n) is 5.58. The highest BCUT2D eigenvalue weighted by molar-refractivity contribution is 5.81. The summed E-state index contributed by atoms with van der Waals surface area (Å²) in [6.45, 7) is 2.91. The molecule has 0 saturated carbocycles. The second-order valence-corrected chi connectivity index (χ2v) is 7.77. The van der Waals surface area contributed by atoms with Gasteiger partial charge in [0.05, 0.1) is 18.5 Å². The zero-order valence-electron chi connectivity index (χ0n) is 18.2. The summed E-state index contributed by atoms with van der Waals surface area (Å²) >= 11 is 0. The number of likely N-dealkylation sites (tertiary alicyclic amines) is 1. The second kappa shape index (κ2) is 9.64. The van der Waals surface area contributed by atoms with Gasteiger partial charge in [0.1, 0.15) is 17.3 Å². The second-order valence-electron chi connectivity index (χ2n) is 7.77. The average Bonchev–Trinajstić information content (AvgIpc) is 2.84. The molecule has 166 valence electrons. The van der Waals surface area contributed by atoms with Gasteiger partial charge in [-0.15, -0.1) is 0 Å². The van der Waals surface area contributed by atoms with Crippen molar-refractivity contribution >= 4 is 5.91 Å². The van der Waals surface area contributed by atoms with Crippen molar-refractivity contribution in [3.63, 3.8) is 0 Å². The van der Waals surface area contributed by atoms with Gasteiger partial charge in [0, 0.05) is 37.3 Å². The normalized spacial score (nSPS) is 15.2. The van der Waals surface area contributed by atoms with E-state index in [9.17, 15) is 9.59 Å². The number of carbonyl (C=O) groups is 1. The number of piperidine rings is 1. The predicted octanol–water partition coefficient (Wildman–Crippen LogP) is 3.01. The van der Waals surface area contributed by atoms with Crippen LogP contribution in [0.3, 0.4) is 0 Å². The summed E-state index contributed by atoms with van der Waals surface area (Å²) in [5.74, 6) is 1.93. The molecule has 1 saturated heterocycles. The number of H-pyrrole nitrogens is 1. The van der Waals surface area contributed by atoms with Gasteiger partial charge in [-0.1, -0.05) is 12.1 Å². The van der Waals surface area contributed by atoms with E-state index in [2.05, 4.69) is 15.0 Å². The van der Waals surface area contributed by atoms with E-state index >= 15 is 0 Å². The van der Waals surface area contributed by atoms with Gasteiger partial charge in [-0.05, 0) is 44.0 Å². The molecule has 8 heteroatoms. The quantitative estimate of drug-likeness (QED) is 0.641. The smallest absolute Gasteiger partial charge is 0.263 e. The lowest BCUT2D eigenvalue weighted by atomic mass is 9.95. The van der Waals surface area contributed by atoms with Crippen LogP contribution in [-0.4, -0.2) is 52.1 Å². The number of rotatable bonds is 6. The first kappa shape index (κ1) is 21.5. The minimum atomic E-state index is -0.607. The van der Waals surface area contributed by atoms with Gasteiger partial charge in [0.2, 0.25) is 0 Å². The molecule has 0 radical (unpaired) electrons. The first-order chi connectivity index (χ1) is 15.5. The van der Waals surface area contributed by atoms with Crippen LogP contribution >= 0.6 is 0 Å². The van der Waals surface area contributed by atoms with E-state index in [1.807, 2.05) is 35.2 Å². The number of aromatic amines is 1. The average molecular weight is 434 g/mol. The van der Waals surface area contributed by atoms with Gasteiger partial charge in [-0.2, -0.15) is 0 Å². The molecule has 1 unspecified atom stereocenters. The zero-order valence-corrected chi connectivity index (χ0v) is 18.2. The minimum Gasteiger partial charge on any atom is -0.497 e. The van der Waals surface area contributed by atoms with Crippen LogP contribution in [0.1, 0.15) is 31.5 Å². The number of benzene rings is 1. The SMILES string of the molecule is COc1cccc(OC(C)C(=O)N2CCC(c3nc(-c4ccccn4)cc(=O)[nH]3)CC2)c1. The van der Waals surface area contributed by atoms with E-state index in [1.165, 1.54) is 6.07 Å². The van der Waals surface area contributed by atoms with Crippen molar-refractivity contribution < 1.29 is 14.3 Å². The maximum absolute atomic E-state index is 12.9. The van der Waals surface area contributed by atoms with Gasteiger partial charge in [-0.25, -0.2) is 4.98 Å². The lowest BCUT2D eigenvalue weighted by Crippen LogP contribution is -2.44. The van der Waals surface area contributed by atoms with E-state index in [-0.39, 0.29) is 17.4 Å². The summed E-state index contributed by atoms with van der Waals surface area (Å²) in [5, 5.41) is 0. The van der Waals surface area contributed by atoms with Crippen LogP contribution in [0.25, 0.3) is 11.4 Å². The summed E-state index contributed by atoms with van der Waals surface area (Å²) in [6.07, 6.45) is 2.50. The fourth-order valence-corrected chi connectivity index (χ4v) is 3.87. The molecule has 1 aromatic carbocycles. The molecule has 1 N–H and O–H groups in total. The van der Waals surface area contributed by atoms with Gasteiger partial charge in [0.15, 0.2) is 6.10 Å². The molecule has 4 rings (SSSR count). The van der Waals surface area contributed by atoms with Crippen LogP contribution in [-0.2, 0) is 4.79 Å². The summed E-state index contributed by atoms with van der Waals surface area (Å²) in [5.41, 5.74) is 1.02. The Balaban J connectivity index is 1.39. The highest BCUT2D eigenvalue weighted by atomic mass is 16.5. The first-order valence-corrected chi connectivity index (χ1v) is 10.7. The van der Waals surface area contributed by atoms with Crippen LogP contribution in [0.2, 0.25) is 0 Å². The molecular formula is C24H26N4O4. The van der Waals surface area contributed by atoms with E-state index < -0.39 is 6.10 Å². The van der Waals surface area contributed by atoms with Gasteiger partial charge < -0.3 is 19.4 Å². The first-order valence-electron chi connectivity index (χ1n) is 10.7. The van der Waals surface area contributed by atoms with Gasteiger partial charge in [-0.3, -0.25) is 14.6 Å². The Kier molecular flexibility index (Phi) is 6.49. The molecule has 2 aromatic heterocycles. The summed E-state index contributed by atoms with van der Waals surface area (Å²) in [6, 6.07) is 14.2. The summed E-state index contributed by atoms with van der Waals surface area (Å²) < 4.78 is 11.0. The Morgan fingerprint density at radius 1 is 1.09 bits per heavy atom. The number of nitrogens with zero attached hydrogens (tertiary/aromatic N) is 3. The van der Waals surface area contributed by atoms with Crippen LogP contribution in [0.4, 0.5) is 0 Å². The fourth-order valence-electron chi connectivity index (χ4n) is 3.87. The van der Waals surface area contributed by atoms with Crippen molar-refractivity contribution in [3.05, 3.63) is 70.9 Å². The molecular weight excluding hydrogens is 408 g/mol. The van der Waals surface area contributed by atoms with Crippen LogP contribution in [0.15, 0.2) is 59.5 Å². The Bertz CT molecular complexity index is 1120. The summed E-state index contributed by atoms with van der Waals surface area (Å²) in [7, 11) is 1.59. The maximum atomic E-state index is 12.9. The molecule has 32 heavy (non-hydrogen) atoms. The molecule has 0 aliphatic carbocycles. The largest absolute Gasteiger partial charge is 0.497 e. The van der Waals surface area contributed by atoms with Crippen molar-refractivity contribution in [1.29, 1.82) is 0 Å². The number of hydrogen-bond donors (Lipinski definition) is 1. The van der Waals surface area contributed by atoms with E-state index in [0.717, 1.165) is 0 Å². The highest BCUT2D eigenvalue weighted by Gasteiger charge is 2.29. The summed E-state index contributed by atoms with van der Waals surface area (Å²) in [4.78, 5) is 38.7. The van der Waals surface area contributed by atoms with Crippen LogP contribution < -0.4 is 15.0 Å². The Labute approximate surface area is 186 Å². The molecule has 8 nitrogen and oxygen atoms in total. The molecule has 1 amide bonds. The van der Waals surface area contributed by atoms with Gasteiger partial charge >= 0.3 is 0 Å². The number of pyridine rings is 1. The Morgan fingerprint density at radius 2 is 1.88 bits per heavy atom.